The molecule has 1 aromatic rings. The summed E-state index contributed by atoms with van der Waals surface area (Å²) in [7, 11) is 0. The van der Waals surface area contributed by atoms with Gasteiger partial charge in [-0.15, -0.1) is 0 Å². The quantitative estimate of drug-likeness (QED) is 0.503. The third-order valence-corrected chi connectivity index (χ3v) is 2.34. The number of carboxylic acid groups (broad SMARTS) is 1. The highest BCUT2D eigenvalue weighted by Crippen LogP contribution is 2.05. The van der Waals surface area contributed by atoms with E-state index < -0.39 is 30.2 Å². The van der Waals surface area contributed by atoms with Crippen LogP contribution < -0.4 is 11.1 Å². The zero-order valence-electron chi connectivity index (χ0n) is 10.1. The Hall–Kier alpha value is -2.64. The third kappa shape index (κ3) is 3.95. The number of primary amides is 1. The Morgan fingerprint density at radius 3 is 2.47 bits per heavy atom. The molecule has 1 rings (SSSR count). The number of amides is 2. The van der Waals surface area contributed by atoms with Crippen LogP contribution in [-0.4, -0.2) is 39.7 Å². The molecular weight excluding hydrogens is 254 g/mol. The van der Waals surface area contributed by atoms with Crippen LogP contribution in [0.4, 0.5) is 0 Å². The molecule has 0 unspecified atom stereocenters. The highest BCUT2D eigenvalue weighted by atomic mass is 16.4. The van der Waals surface area contributed by atoms with E-state index in [1.807, 2.05) is 0 Å². The smallest absolute Gasteiger partial charge is 0.326 e. The van der Waals surface area contributed by atoms with Crippen molar-refractivity contribution in [2.24, 2.45) is 5.73 Å². The lowest BCUT2D eigenvalue weighted by atomic mass is 10.2. The number of hydrogen-bond donors (Lipinski definition) is 4. The van der Waals surface area contributed by atoms with Crippen LogP contribution in [-0.2, 0) is 9.59 Å². The number of carbonyl (C=O) groups excluding carboxylic acids is 3. The van der Waals surface area contributed by atoms with Crippen LogP contribution in [0.15, 0.2) is 12.3 Å². The topological polar surface area (TPSA) is 142 Å². The molecule has 0 saturated carbocycles. The van der Waals surface area contributed by atoms with Crippen molar-refractivity contribution in [2.75, 3.05) is 0 Å². The maximum Gasteiger partial charge on any atom is 0.326 e. The normalized spacial score (nSPS) is 11.6. The van der Waals surface area contributed by atoms with Gasteiger partial charge in [-0.3, -0.25) is 14.4 Å². The van der Waals surface area contributed by atoms with Gasteiger partial charge in [-0.1, -0.05) is 0 Å². The lowest BCUT2D eigenvalue weighted by Gasteiger charge is -2.11. The van der Waals surface area contributed by atoms with Crippen LogP contribution in [0.2, 0.25) is 0 Å². The number of hydrogen-bond acceptors (Lipinski definition) is 4. The summed E-state index contributed by atoms with van der Waals surface area (Å²) in [6, 6.07) is -0.116. The lowest BCUT2D eigenvalue weighted by molar-refractivity contribution is -0.140. The molecule has 1 atom stereocenters. The molecule has 0 aliphatic rings. The first kappa shape index (κ1) is 14.4. The van der Waals surface area contributed by atoms with Crippen molar-refractivity contribution >= 4 is 23.6 Å². The van der Waals surface area contributed by atoms with Gasteiger partial charge in [0.25, 0.3) is 5.91 Å². The third-order valence-electron chi connectivity index (χ3n) is 2.34. The predicted octanol–water partition coefficient (Wildman–Crippen LogP) is -0.724. The lowest BCUT2D eigenvalue weighted by Crippen LogP contribution is -2.43. The molecule has 0 fully saturated rings. The molecule has 0 aliphatic heterocycles. The van der Waals surface area contributed by atoms with E-state index in [2.05, 4.69) is 10.3 Å². The second-order valence-electron chi connectivity index (χ2n) is 3.89. The molecule has 0 spiro atoms. The first-order valence-electron chi connectivity index (χ1n) is 5.32. The van der Waals surface area contributed by atoms with E-state index in [-0.39, 0.29) is 11.5 Å². The first-order chi connectivity index (χ1) is 8.81. The zero-order valence-corrected chi connectivity index (χ0v) is 10.1. The van der Waals surface area contributed by atoms with Crippen LogP contribution in [0.3, 0.4) is 0 Å². The Bertz CT molecular complexity index is 534. The zero-order chi connectivity index (χ0) is 14.6. The van der Waals surface area contributed by atoms with Gasteiger partial charge in [-0.25, -0.2) is 4.79 Å². The van der Waals surface area contributed by atoms with E-state index in [4.69, 9.17) is 10.8 Å². The van der Waals surface area contributed by atoms with Crippen molar-refractivity contribution in [3.8, 4) is 0 Å². The summed E-state index contributed by atoms with van der Waals surface area (Å²) in [5.74, 6) is -3.18. The van der Waals surface area contributed by atoms with Crippen LogP contribution in [0.25, 0.3) is 0 Å². The van der Waals surface area contributed by atoms with E-state index in [0.717, 1.165) is 0 Å². The minimum Gasteiger partial charge on any atom is -0.480 e. The van der Waals surface area contributed by atoms with Gasteiger partial charge in [-0.05, 0) is 13.0 Å². The standard InChI is InChI=1S/C11H13N3O5/c1-5(15)6-2-7(13-4-6)10(17)14-8(11(18)19)3-9(12)16/h2,4,8,13H,3H2,1H3,(H2,12,16)(H,14,17)(H,18,19)/t8-/m1/s1. The Morgan fingerprint density at radius 2 is 2.05 bits per heavy atom. The summed E-state index contributed by atoms with van der Waals surface area (Å²) < 4.78 is 0. The van der Waals surface area contributed by atoms with Crippen molar-refractivity contribution in [2.45, 2.75) is 19.4 Å². The summed E-state index contributed by atoms with van der Waals surface area (Å²) >= 11 is 0. The number of ketones is 1. The van der Waals surface area contributed by atoms with Crippen molar-refractivity contribution in [3.05, 3.63) is 23.5 Å². The van der Waals surface area contributed by atoms with Gasteiger partial charge in [0.2, 0.25) is 5.91 Å². The maximum atomic E-state index is 11.7. The molecule has 8 nitrogen and oxygen atoms in total. The number of nitrogens with one attached hydrogen (secondary N) is 2. The van der Waals surface area contributed by atoms with Crippen LogP contribution in [0, 0.1) is 0 Å². The molecule has 5 N–H and O–H groups in total. The largest absolute Gasteiger partial charge is 0.480 e. The minimum atomic E-state index is -1.41. The fourth-order valence-electron chi connectivity index (χ4n) is 1.37. The average molecular weight is 267 g/mol. The fraction of sp³-hybridized carbons (Fsp3) is 0.273. The molecule has 1 aromatic heterocycles. The monoisotopic (exact) mass is 267 g/mol. The molecule has 0 aromatic carbocycles. The van der Waals surface area contributed by atoms with Gasteiger partial charge in [-0.2, -0.15) is 0 Å². The second kappa shape index (κ2) is 5.80. The van der Waals surface area contributed by atoms with Gasteiger partial charge < -0.3 is 21.1 Å². The molecule has 19 heavy (non-hydrogen) atoms. The van der Waals surface area contributed by atoms with E-state index >= 15 is 0 Å². The van der Waals surface area contributed by atoms with Gasteiger partial charge in [0.1, 0.15) is 11.7 Å². The molecular formula is C11H13N3O5. The summed E-state index contributed by atoms with van der Waals surface area (Å²) in [4.78, 5) is 46.8. The van der Waals surface area contributed by atoms with Crippen molar-refractivity contribution in [1.29, 1.82) is 0 Å². The Balaban J connectivity index is 2.78. The highest BCUT2D eigenvalue weighted by Gasteiger charge is 2.23. The van der Waals surface area contributed by atoms with Crippen molar-refractivity contribution in [1.82, 2.24) is 10.3 Å². The molecule has 0 radical (unpaired) electrons. The van der Waals surface area contributed by atoms with Crippen molar-refractivity contribution in [3.63, 3.8) is 0 Å². The summed E-state index contributed by atoms with van der Waals surface area (Å²) in [5, 5.41) is 11.0. The van der Waals surface area contributed by atoms with Crippen LogP contribution in [0.5, 0.6) is 0 Å². The van der Waals surface area contributed by atoms with E-state index in [0.29, 0.717) is 5.56 Å². The summed E-state index contributed by atoms with van der Waals surface area (Å²) in [5.41, 5.74) is 5.21. The number of carboxylic acids is 1. The number of H-pyrrole nitrogens is 1. The molecule has 0 aliphatic carbocycles. The van der Waals surface area contributed by atoms with Gasteiger partial charge >= 0.3 is 5.97 Å². The van der Waals surface area contributed by atoms with E-state index in [1.165, 1.54) is 19.2 Å². The number of aromatic nitrogens is 1. The van der Waals surface area contributed by atoms with Crippen LogP contribution in [0.1, 0.15) is 34.2 Å². The molecule has 0 saturated heterocycles. The average Bonchev–Trinajstić information content (AvgIpc) is 2.76. The van der Waals surface area contributed by atoms with Gasteiger partial charge in [0, 0.05) is 11.8 Å². The fourth-order valence-corrected chi connectivity index (χ4v) is 1.37. The van der Waals surface area contributed by atoms with E-state index in [1.54, 1.807) is 0 Å². The van der Waals surface area contributed by atoms with Crippen molar-refractivity contribution < 1.29 is 24.3 Å². The highest BCUT2D eigenvalue weighted by molar-refractivity contribution is 6.00. The summed E-state index contributed by atoms with van der Waals surface area (Å²) in [6.07, 6.45) is 0.822. The Kier molecular flexibility index (Phi) is 4.41. The van der Waals surface area contributed by atoms with Gasteiger partial charge in [0.05, 0.1) is 6.42 Å². The Labute approximate surface area is 108 Å². The minimum absolute atomic E-state index is 0.0286. The number of aliphatic carboxylic acids is 1. The molecule has 2 amide bonds. The molecule has 1 heterocycles. The van der Waals surface area contributed by atoms with Gasteiger partial charge in [0.15, 0.2) is 5.78 Å². The Morgan fingerprint density at radius 1 is 1.42 bits per heavy atom. The molecule has 102 valence electrons. The molecule has 0 bridgehead atoms. The maximum absolute atomic E-state index is 11.7. The molecule has 8 heteroatoms. The SMILES string of the molecule is CC(=O)c1c[nH]c(C(=O)N[C@H](CC(N)=O)C(=O)O)c1. The van der Waals surface area contributed by atoms with Crippen LogP contribution >= 0.6 is 0 Å². The summed E-state index contributed by atoms with van der Waals surface area (Å²) in [6.45, 7) is 1.33. The number of carbonyl (C=O) groups is 4. The number of Topliss-reactive ketones (excluding diaryl/α,β-unsaturated/α-hetero) is 1. The second-order valence-corrected chi connectivity index (χ2v) is 3.89. The first-order valence-corrected chi connectivity index (χ1v) is 5.32. The number of aromatic amines is 1. The number of rotatable bonds is 6. The number of nitrogens with two attached hydrogens (primary N) is 1. The van der Waals surface area contributed by atoms with E-state index in [9.17, 15) is 19.2 Å². The predicted molar refractivity (Wildman–Crippen MR) is 63.5 cm³/mol.